The van der Waals surface area contributed by atoms with E-state index in [9.17, 15) is 28.1 Å². The van der Waals surface area contributed by atoms with Crippen molar-refractivity contribution in [3.8, 4) is 0 Å². The molecular weight excluding hydrogens is 486 g/mol. The highest BCUT2D eigenvalue weighted by Gasteiger charge is 2.45. The minimum absolute atomic E-state index is 0.0666. The molecular formula is C25H29N3O7S. The van der Waals surface area contributed by atoms with Crippen molar-refractivity contribution in [2.45, 2.75) is 38.0 Å². The zero-order valence-electron chi connectivity index (χ0n) is 20.5. The lowest BCUT2D eigenvalue weighted by atomic mass is 9.78. The fourth-order valence-corrected chi connectivity index (χ4v) is 6.95. The van der Waals surface area contributed by atoms with Gasteiger partial charge in [-0.2, -0.15) is 4.31 Å². The van der Waals surface area contributed by atoms with Crippen molar-refractivity contribution < 1.29 is 27.7 Å². The number of ether oxygens (including phenoxy) is 1. The van der Waals surface area contributed by atoms with Crippen LogP contribution in [-0.2, 0) is 14.8 Å². The van der Waals surface area contributed by atoms with Crippen LogP contribution in [0.25, 0.3) is 0 Å². The molecule has 1 spiro atoms. The monoisotopic (exact) mass is 515 g/mol. The number of likely N-dealkylation sites (tertiary alicyclic amines) is 1. The van der Waals surface area contributed by atoms with E-state index in [4.69, 9.17) is 4.74 Å². The minimum Gasteiger partial charge on any atom is -0.465 e. The van der Waals surface area contributed by atoms with E-state index in [0.29, 0.717) is 55.9 Å². The summed E-state index contributed by atoms with van der Waals surface area (Å²) in [6.07, 6.45) is 1.89. The molecule has 0 N–H and O–H groups in total. The Morgan fingerprint density at radius 1 is 1.06 bits per heavy atom. The maximum absolute atomic E-state index is 13.4. The molecule has 0 atom stereocenters. The molecule has 2 aliphatic rings. The van der Waals surface area contributed by atoms with Crippen LogP contribution in [0.5, 0.6) is 0 Å². The standard InChI is InChI=1S/C25H29N3O7S/c1-17-7-8-18(2)21(15-17)36(33,34)27-13-10-25(11-14-27)9-12-26(16-25)23(29)19-5-4-6-20(28(31)32)22(19)24(30)35-3/h4-8,15H,9-14,16H2,1-3H3. The van der Waals surface area contributed by atoms with E-state index in [1.54, 1.807) is 17.9 Å². The largest absolute Gasteiger partial charge is 0.465 e. The summed E-state index contributed by atoms with van der Waals surface area (Å²) < 4.78 is 32.8. The van der Waals surface area contributed by atoms with Gasteiger partial charge < -0.3 is 9.64 Å². The second kappa shape index (κ2) is 9.62. The van der Waals surface area contributed by atoms with Crippen LogP contribution in [0, 0.1) is 29.4 Å². The summed E-state index contributed by atoms with van der Waals surface area (Å²) in [7, 11) is -2.52. The van der Waals surface area contributed by atoms with Gasteiger partial charge in [0.25, 0.3) is 11.6 Å². The van der Waals surface area contributed by atoms with Gasteiger partial charge in [-0.25, -0.2) is 13.2 Å². The summed E-state index contributed by atoms with van der Waals surface area (Å²) >= 11 is 0. The van der Waals surface area contributed by atoms with Crippen LogP contribution in [0.3, 0.4) is 0 Å². The van der Waals surface area contributed by atoms with Crippen molar-refractivity contribution in [2.75, 3.05) is 33.3 Å². The van der Waals surface area contributed by atoms with Gasteiger partial charge in [0.2, 0.25) is 10.0 Å². The summed E-state index contributed by atoms with van der Waals surface area (Å²) in [6.45, 7) is 5.16. The van der Waals surface area contributed by atoms with Crippen LogP contribution < -0.4 is 0 Å². The Hall–Kier alpha value is -3.31. The van der Waals surface area contributed by atoms with Crippen LogP contribution in [0.2, 0.25) is 0 Å². The van der Waals surface area contributed by atoms with Crippen LogP contribution in [0.1, 0.15) is 51.1 Å². The molecule has 2 fully saturated rings. The SMILES string of the molecule is COC(=O)c1c(C(=O)N2CCC3(CCN(S(=O)(=O)c4cc(C)ccc4C)CC3)C2)cccc1[N+](=O)[O-]. The first-order valence-corrected chi connectivity index (χ1v) is 13.2. The lowest BCUT2D eigenvalue weighted by molar-refractivity contribution is -0.385. The molecule has 2 aromatic carbocycles. The molecule has 192 valence electrons. The molecule has 2 aliphatic heterocycles. The number of nitro groups is 1. The Morgan fingerprint density at radius 2 is 1.72 bits per heavy atom. The van der Waals surface area contributed by atoms with Gasteiger partial charge in [-0.1, -0.05) is 18.2 Å². The summed E-state index contributed by atoms with van der Waals surface area (Å²) in [6, 6.07) is 9.33. The maximum Gasteiger partial charge on any atom is 0.345 e. The molecule has 36 heavy (non-hydrogen) atoms. The predicted molar refractivity (Wildman–Crippen MR) is 131 cm³/mol. The zero-order valence-corrected chi connectivity index (χ0v) is 21.3. The van der Waals surface area contributed by atoms with E-state index in [0.717, 1.165) is 12.7 Å². The van der Waals surface area contributed by atoms with Gasteiger partial charge in [-0.15, -0.1) is 0 Å². The first-order valence-electron chi connectivity index (χ1n) is 11.7. The fraction of sp³-hybridized carbons (Fsp3) is 0.440. The Kier molecular flexibility index (Phi) is 6.89. The molecule has 2 heterocycles. The third-order valence-electron chi connectivity index (χ3n) is 7.33. The van der Waals surface area contributed by atoms with Crippen molar-refractivity contribution in [3.05, 3.63) is 68.8 Å². The number of piperidine rings is 1. The summed E-state index contributed by atoms with van der Waals surface area (Å²) in [5.74, 6) is -1.41. The van der Waals surface area contributed by atoms with E-state index in [2.05, 4.69) is 0 Å². The second-order valence-corrected chi connectivity index (χ2v) is 11.5. The third kappa shape index (κ3) is 4.60. The maximum atomic E-state index is 13.4. The van der Waals surface area contributed by atoms with Crippen molar-refractivity contribution in [1.29, 1.82) is 0 Å². The Bertz CT molecular complexity index is 1330. The van der Waals surface area contributed by atoms with Gasteiger partial charge in [0, 0.05) is 32.2 Å². The average Bonchev–Trinajstić information content (AvgIpc) is 3.27. The first-order chi connectivity index (χ1) is 17.0. The topological polar surface area (TPSA) is 127 Å². The van der Waals surface area contributed by atoms with Crippen molar-refractivity contribution in [3.63, 3.8) is 0 Å². The van der Waals surface area contributed by atoms with Crippen molar-refractivity contribution >= 4 is 27.6 Å². The highest BCUT2D eigenvalue weighted by molar-refractivity contribution is 7.89. The normalized spacial score (nSPS) is 17.8. The molecule has 0 saturated carbocycles. The molecule has 0 aromatic heterocycles. The number of nitro benzene ring substituents is 1. The molecule has 2 aromatic rings. The number of rotatable bonds is 5. The highest BCUT2D eigenvalue weighted by atomic mass is 32.2. The smallest absolute Gasteiger partial charge is 0.345 e. The van der Waals surface area contributed by atoms with Crippen LogP contribution in [0.15, 0.2) is 41.3 Å². The number of aryl methyl sites for hydroxylation is 2. The van der Waals surface area contributed by atoms with Crippen LogP contribution in [0.4, 0.5) is 5.69 Å². The predicted octanol–water partition coefficient (Wildman–Crippen LogP) is 3.32. The number of nitrogens with zero attached hydrogens (tertiary/aromatic N) is 3. The van der Waals surface area contributed by atoms with Gasteiger partial charge in [-0.05, 0) is 61.8 Å². The molecule has 2 saturated heterocycles. The van der Waals surface area contributed by atoms with Gasteiger partial charge in [-0.3, -0.25) is 14.9 Å². The lowest BCUT2D eigenvalue weighted by Gasteiger charge is -2.38. The third-order valence-corrected chi connectivity index (χ3v) is 9.37. The molecule has 10 nitrogen and oxygen atoms in total. The lowest BCUT2D eigenvalue weighted by Crippen LogP contribution is -2.44. The molecule has 11 heteroatoms. The van der Waals surface area contributed by atoms with E-state index in [1.807, 2.05) is 19.1 Å². The molecule has 0 bridgehead atoms. The van der Waals surface area contributed by atoms with Gasteiger partial charge in [0.1, 0.15) is 5.56 Å². The van der Waals surface area contributed by atoms with Crippen molar-refractivity contribution in [2.24, 2.45) is 5.41 Å². The van der Waals surface area contributed by atoms with E-state index >= 15 is 0 Å². The van der Waals surface area contributed by atoms with Gasteiger partial charge in [0.05, 0.1) is 22.5 Å². The number of hydrogen-bond acceptors (Lipinski definition) is 7. The van der Waals surface area contributed by atoms with Gasteiger partial charge >= 0.3 is 5.97 Å². The number of benzene rings is 2. The first kappa shape index (κ1) is 25.8. The number of carbonyl (C=O) groups excluding carboxylic acids is 2. The molecule has 0 radical (unpaired) electrons. The van der Waals surface area contributed by atoms with E-state index in [-0.39, 0.29) is 16.5 Å². The molecule has 0 unspecified atom stereocenters. The van der Waals surface area contributed by atoms with Crippen LogP contribution in [-0.4, -0.2) is 67.7 Å². The average molecular weight is 516 g/mol. The Balaban J connectivity index is 1.51. The van der Waals surface area contributed by atoms with Crippen molar-refractivity contribution in [1.82, 2.24) is 9.21 Å². The quantitative estimate of drug-likeness (QED) is 0.340. The van der Waals surface area contributed by atoms with E-state index in [1.165, 1.54) is 22.5 Å². The zero-order chi connectivity index (χ0) is 26.3. The Morgan fingerprint density at radius 3 is 2.36 bits per heavy atom. The minimum atomic E-state index is -3.63. The molecule has 0 aliphatic carbocycles. The number of hydrogen-bond donors (Lipinski definition) is 0. The van der Waals surface area contributed by atoms with Gasteiger partial charge in [0.15, 0.2) is 0 Å². The summed E-state index contributed by atoms with van der Waals surface area (Å²) in [5, 5.41) is 11.5. The number of esters is 1. The fourth-order valence-electron chi connectivity index (χ4n) is 5.20. The number of carbonyl (C=O) groups is 2. The summed E-state index contributed by atoms with van der Waals surface area (Å²) in [5.41, 5.74) is 0.442. The number of sulfonamides is 1. The molecule has 4 rings (SSSR count). The molecule has 1 amide bonds. The highest BCUT2D eigenvalue weighted by Crippen LogP contribution is 2.42. The summed E-state index contributed by atoms with van der Waals surface area (Å²) in [4.78, 5) is 38.3. The number of methoxy groups -OCH3 is 1. The van der Waals surface area contributed by atoms with Crippen LogP contribution >= 0.6 is 0 Å². The second-order valence-electron chi connectivity index (χ2n) is 9.60. The number of amides is 1. The van der Waals surface area contributed by atoms with E-state index < -0.39 is 32.5 Å². The Labute approximate surface area is 210 Å².